The first-order valence-electron chi connectivity index (χ1n) is 6.25. The number of carbonyl (C=O) groups is 2. The predicted octanol–water partition coefficient (Wildman–Crippen LogP) is 2.78. The molecule has 0 radical (unpaired) electrons. The van der Waals surface area contributed by atoms with E-state index in [9.17, 15) is 27.2 Å². The molecule has 2 N–H and O–H groups in total. The maximum atomic E-state index is 13.7. The van der Waals surface area contributed by atoms with Gasteiger partial charge in [0.15, 0.2) is 23.3 Å². The third-order valence-electron chi connectivity index (χ3n) is 3.10. The van der Waals surface area contributed by atoms with Crippen LogP contribution in [0.2, 0.25) is 0 Å². The van der Waals surface area contributed by atoms with Crippen LogP contribution in [0.3, 0.4) is 0 Å². The van der Waals surface area contributed by atoms with E-state index in [1.807, 2.05) is 5.32 Å². The summed E-state index contributed by atoms with van der Waals surface area (Å²) in [5.74, 6) is -10.1. The summed E-state index contributed by atoms with van der Waals surface area (Å²) >= 11 is 0. The van der Waals surface area contributed by atoms with Crippen molar-refractivity contribution >= 4 is 11.9 Å². The molecule has 122 valence electrons. The number of carboxylic acid groups (broad SMARTS) is 1. The molecule has 0 heterocycles. The van der Waals surface area contributed by atoms with Gasteiger partial charge in [-0.3, -0.25) is 4.79 Å². The Hall–Kier alpha value is -2.12. The van der Waals surface area contributed by atoms with Crippen molar-refractivity contribution in [3.63, 3.8) is 0 Å². The lowest BCUT2D eigenvalue weighted by Gasteiger charge is -2.27. The van der Waals surface area contributed by atoms with Gasteiger partial charge in [-0.25, -0.2) is 22.4 Å². The third kappa shape index (κ3) is 3.20. The maximum absolute atomic E-state index is 13.7. The molecular formula is C14H15F4NO3. The van der Waals surface area contributed by atoms with E-state index < -0.39 is 57.7 Å². The first-order chi connectivity index (χ1) is 9.89. The van der Waals surface area contributed by atoms with Gasteiger partial charge in [0.2, 0.25) is 0 Å². The summed E-state index contributed by atoms with van der Waals surface area (Å²) in [4.78, 5) is 23.0. The standard InChI is InChI=1S/C14H15F4NO3/c1-5-7(15)9(17)6(10(18)8(5)16)12(20)19-11(13(21)22)14(2,3)4/h11H,1-4H3,(H,19,20)(H,21,22)/t11-/m0/s1. The number of aliphatic carboxylic acids is 1. The van der Waals surface area contributed by atoms with Gasteiger partial charge in [0, 0.05) is 5.56 Å². The van der Waals surface area contributed by atoms with Crippen molar-refractivity contribution in [2.24, 2.45) is 5.41 Å². The highest BCUT2D eigenvalue weighted by Gasteiger charge is 2.35. The van der Waals surface area contributed by atoms with Crippen molar-refractivity contribution in [1.82, 2.24) is 5.32 Å². The quantitative estimate of drug-likeness (QED) is 0.664. The maximum Gasteiger partial charge on any atom is 0.326 e. The van der Waals surface area contributed by atoms with Gasteiger partial charge >= 0.3 is 5.97 Å². The summed E-state index contributed by atoms with van der Waals surface area (Å²) in [6.45, 7) is 5.22. The minimum Gasteiger partial charge on any atom is -0.480 e. The minimum atomic E-state index is -1.87. The SMILES string of the molecule is Cc1c(F)c(F)c(C(=O)N[C@@H](C(=O)O)C(C)(C)C)c(F)c1F. The predicted molar refractivity (Wildman–Crippen MR) is 69.4 cm³/mol. The van der Waals surface area contributed by atoms with Crippen LogP contribution < -0.4 is 5.32 Å². The van der Waals surface area contributed by atoms with Crippen LogP contribution in [0, 0.1) is 35.6 Å². The zero-order chi connectivity index (χ0) is 17.4. The van der Waals surface area contributed by atoms with E-state index in [2.05, 4.69) is 0 Å². The molecule has 1 rings (SSSR count). The molecule has 1 aromatic carbocycles. The average Bonchev–Trinajstić information content (AvgIpc) is 2.39. The molecule has 4 nitrogen and oxygen atoms in total. The van der Waals surface area contributed by atoms with Crippen LogP contribution in [0.15, 0.2) is 0 Å². The van der Waals surface area contributed by atoms with Gasteiger partial charge in [-0.1, -0.05) is 20.8 Å². The first kappa shape index (κ1) is 17.9. The van der Waals surface area contributed by atoms with Crippen LogP contribution in [-0.4, -0.2) is 23.0 Å². The molecule has 0 aliphatic carbocycles. The number of benzene rings is 1. The lowest BCUT2D eigenvalue weighted by Crippen LogP contribution is -2.49. The van der Waals surface area contributed by atoms with Crippen LogP contribution in [0.5, 0.6) is 0 Å². The molecule has 0 bridgehead atoms. The fourth-order valence-corrected chi connectivity index (χ4v) is 1.79. The summed E-state index contributed by atoms with van der Waals surface area (Å²) in [5, 5.41) is 10.9. The Morgan fingerprint density at radius 2 is 1.41 bits per heavy atom. The second-order valence-corrected chi connectivity index (χ2v) is 5.87. The Labute approximate surface area is 124 Å². The zero-order valence-electron chi connectivity index (χ0n) is 12.4. The number of rotatable bonds is 3. The number of halogens is 4. The fraction of sp³-hybridized carbons (Fsp3) is 0.429. The van der Waals surface area contributed by atoms with Gasteiger partial charge < -0.3 is 10.4 Å². The van der Waals surface area contributed by atoms with Crippen molar-refractivity contribution in [3.8, 4) is 0 Å². The summed E-state index contributed by atoms with van der Waals surface area (Å²) in [6, 6.07) is -1.51. The van der Waals surface area contributed by atoms with Crippen LogP contribution >= 0.6 is 0 Å². The van der Waals surface area contributed by atoms with Crippen molar-refractivity contribution < 1.29 is 32.3 Å². The number of hydrogen-bond acceptors (Lipinski definition) is 2. The Kier molecular flexibility index (Phi) is 4.84. The number of hydrogen-bond donors (Lipinski definition) is 2. The molecule has 0 unspecified atom stereocenters. The monoisotopic (exact) mass is 321 g/mol. The molecule has 0 aromatic heterocycles. The summed E-state index contributed by atoms with van der Waals surface area (Å²) in [6.07, 6.45) is 0. The molecule has 1 amide bonds. The van der Waals surface area contributed by atoms with Gasteiger partial charge in [-0.15, -0.1) is 0 Å². The van der Waals surface area contributed by atoms with E-state index in [1.165, 1.54) is 20.8 Å². The average molecular weight is 321 g/mol. The third-order valence-corrected chi connectivity index (χ3v) is 3.10. The van der Waals surface area contributed by atoms with Crippen LogP contribution in [0.25, 0.3) is 0 Å². The molecule has 0 fully saturated rings. The molecule has 22 heavy (non-hydrogen) atoms. The topological polar surface area (TPSA) is 66.4 Å². The highest BCUT2D eigenvalue weighted by Crippen LogP contribution is 2.25. The Morgan fingerprint density at radius 3 is 1.73 bits per heavy atom. The van der Waals surface area contributed by atoms with Gasteiger partial charge in [-0.2, -0.15) is 0 Å². The van der Waals surface area contributed by atoms with Gasteiger partial charge in [0.1, 0.15) is 11.6 Å². The van der Waals surface area contributed by atoms with Gasteiger partial charge in [0.05, 0.1) is 0 Å². The molecular weight excluding hydrogens is 306 g/mol. The van der Waals surface area contributed by atoms with Crippen LogP contribution in [-0.2, 0) is 4.79 Å². The van der Waals surface area contributed by atoms with Gasteiger partial charge in [-0.05, 0) is 12.3 Å². The molecule has 1 aromatic rings. The molecule has 0 spiro atoms. The van der Waals surface area contributed by atoms with Crippen molar-refractivity contribution in [2.45, 2.75) is 33.7 Å². The molecule has 8 heteroatoms. The summed E-state index contributed by atoms with van der Waals surface area (Å²) < 4.78 is 54.3. The van der Waals surface area contributed by atoms with Crippen LogP contribution in [0.1, 0.15) is 36.7 Å². The van der Waals surface area contributed by atoms with Crippen LogP contribution in [0.4, 0.5) is 17.6 Å². The van der Waals surface area contributed by atoms with Crippen molar-refractivity contribution in [1.29, 1.82) is 0 Å². The highest BCUT2D eigenvalue weighted by molar-refractivity contribution is 5.97. The molecule has 1 atom stereocenters. The van der Waals surface area contributed by atoms with E-state index >= 15 is 0 Å². The van der Waals surface area contributed by atoms with E-state index in [0.29, 0.717) is 0 Å². The van der Waals surface area contributed by atoms with Crippen molar-refractivity contribution in [3.05, 3.63) is 34.4 Å². The smallest absolute Gasteiger partial charge is 0.326 e. The lowest BCUT2D eigenvalue weighted by atomic mass is 9.86. The molecule has 0 aliphatic rings. The Bertz CT molecular complexity index is 609. The summed E-state index contributed by atoms with van der Waals surface area (Å²) in [5.41, 5.74) is -3.38. The number of nitrogens with one attached hydrogen (secondary N) is 1. The summed E-state index contributed by atoms with van der Waals surface area (Å²) in [7, 11) is 0. The van der Waals surface area contributed by atoms with Gasteiger partial charge in [0.25, 0.3) is 5.91 Å². The number of carboxylic acids is 1. The Morgan fingerprint density at radius 1 is 1.00 bits per heavy atom. The minimum absolute atomic E-state index is 0.813. The number of amides is 1. The van der Waals surface area contributed by atoms with Crippen molar-refractivity contribution in [2.75, 3.05) is 0 Å². The highest BCUT2D eigenvalue weighted by atomic mass is 19.2. The Balaban J connectivity index is 3.33. The van der Waals surface area contributed by atoms with E-state index in [4.69, 9.17) is 5.11 Å². The molecule has 0 saturated carbocycles. The zero-order valence-corrected chi connectivity index (χ0v) is 12.4. The van der Waals surface area contributed by atoms with E-state index in [0.717, 1.165) is 6.92 Å². The molecule has 0 aliphatic heterocycles. The second-order valence-electron chi connectivity index (χ2n) is 5.87. The second kappa shape index (κ2) is 5.94. The van der Waals surface area contributed by atoms with E-state index in [1.54, 1.807) is 0 Å². The number of carbonyl (C=O) groups excluding carboxylic acids is 1. The fourth-order valence-electron chi connectivity index (χ4n) is 1.79. The van der Waals surface area contributed by atoms with E-state index in [-0.39, 0.29) is 0 Å². The lowest BCUT2D eigenvalue weighted by molar-refractivity contribution is -0.142. The first-order valence-corrected chi connectivity index (χ1v) is 6.25. The largest absolute Gasteiger partial charge is 0.480 e. The molecule has 0 saturated heterocycles. The normalized spacial score (nSPS) is 12.9.